The fourth-order valence-electron chi connectivity index (χ4n) is 10.5. The predicted molar refractivity (Wildman–Crippen MR) is 366 cm³/mol. The number of carbonyl (C=O) groups excluding carboxylic acids is 2. The number of unbranched alkanes of at least 4 members (excludes halogenated alkanes) is 40. The maximum atomic E-state index is 12.4. The van der Waals surface area contributed by atoms with E-state index in [2.05, 4.69) is 123 Å². The SMILES string of the molecule is CC/C=C\C/C=C\C/C=C\C/C=C\C/C=C\C/C=C\C/C=C\C/C=C\C/C=C\CCCCCCCCCCCC(=O)OC(CO)COC(=O)CCCCCCCCCCCCCCCCCCCCCCCCCCCCCCCCCC. The summed E-state index contributed by atoms with van der Waals surface area (Å²) in [4.78, 5) is 24.7. The second-order valence-corrected chi connectivity index (χ2v) is 23.9. The van der Waals surface area contributed by atoms with Crippen molar-refractivity contribution in [1.29, 1.82) is 0 Å². The van der Waals surface area contributed by atoms with Crippen molar-refractivity contribution in [1.82, 2.24) is 0 Å². The second kappa shape index (κ2) is 72.8. The number of carbonyl (C=O) groups is 2. The van der Waals surface area contributed by atoms with Gasteiger partial charge in [-0.05, 0) is 83.5 Å². The molecule has 1 atom stereocenters. The van der Waals surface area contributed by atoms with Crippen LogP contribution in [-0.2, 0) is 19.1 Å². The molecule has 0 rings (SSSR count). The zero-order chi connectivity index (χ0) is 59.8. The molecule has 0 aliphatic carbocycles. The van der Waals surface area contributed by atoms with E-state index in [9.17, 15) is 14.7 Å². The van der Waals surface area contributed by atoms with Crippen molar-refractivity contribution in [3.8, 4) is 0 Å². The smallest absolute Gasteiger partial charge is 0.306 e. The minimum atomic E-state index is -0.782. The van der Waals surface area contributed by atoms with Crippen LogP contribution < -0.4 is 0 Å². The number of rotatable bonds is 66. The average molecular weight is 1150 g/mol. The summed E-state index contributed by atoms with van der Waals surface area (Å²) in [6, 6.07) is 0. The Morgan fingerprint density at radius 2 is 0.518 bits per heavy atom. The van der Waals surface area contributed by atoms with Crippen LogP contribution in [0, 0.1) is 0 Å². The van der Waals surface area contributed by atoms with Gasteiger partial charge in [-0.3, -0.25) is 9.59 Å². The molecule has 478 valence electrons. The van der Waals surface area contributed by atoms with Crippen LogP contribution in [0.25, 0.3) is 0 Å². The second-order valence-electron chi connectivity index (χ2n) is 23.9. The van der Waals surface area contributed by atoms with Crippen LogP contribution in [-0.4, -0.2) is 36.4 Å². The van der Waals surface area contributed by atoms with Gasteiger partial charge in [-0.2, -0.15) is 0 Å². The Hall–Kier alpha value is -3.44. The van der Waals surface area contributed by atoms with E-state index in [4.69, 9.17) is 9.47 Å². The Kier molecular flexibility index (Phi) is 69.8. The standard InChI is InChI=1S/C78H136O5/c1-3-5-7-9-11-13-15-17-19-21-23-25-27-29-31-33-35-37-38-39-40-41-43-45-47-49-51-53-55-57-59-61-63-65-67-69-71-73-78(81)83-76(74-79)75-82-77(80)72-70-68-66-64-62-60-58-56-54-52-50-48-46-44-42-36-34-32-30-28-26-24-22-20-18-16-14-12-10-8-6-4-2/h5,7,11,13,17,19,23,25,29,31,35,37,39-40,43,45,49,51,76,79H,3-4,6,8-10,12,14-16,18,20-22,24,26-28,30,32-34,36,38,41-42,44,46-48,50,52-75H2,1-2H3/b7-5-,13-11-,19-17-,25-23-,31-29-,37-35-,40-39-,45-43-,51-49-. The van der Waals surface area contributed by atoms with Gasteiger partial charge >= 0.3 is 11.9 Å². The lowest BCUT2D eigenvalue weighted by atomic mass is 10.0. The molecule has 0 aliphatic heterocycles. The van der Waals surface area contributed by atoms with Crippen molar-refractivity contribution in [2.45, 2.75) is 360 Å². The van der Waals surface area contributed by atoms with Crippen LogP contribution in [0.4, 0.5) is 0 Å². The Bertz CT molecular complexity index is 1590. The summed E-state index contributed by atoms with van der Waals surface area (Å²) in [6.07, 6.45) is 106. The zero-order valence-corrected chi connectivity index (χ0v) is 54.9. The highest BCUT2D eigenvalue weighted by Crippen LogP contribution is 2.18. The fourth-order valence-corrected chi connectivity index (χ4v) is 10.5. The summed E-state index contributed by atoms with van der Waals surface area (Å²) in [6.45, 7) is 4.06. The molecule has 0 saturated heterocycles. The lowest BCUT2D eigenvalue weighted by Crippen LogP contribution is -2.28. The highest BCUT2D eigenvalue weighted by molar-refractivity contribution is 5.70. The first kappa shape index (κ1) is 79.6. The van der Waals surface area contributed by atoms with Crippen LogP contribution in [0.3, 0.4) is 0 Å². The van der Waals surface area contributed by atoms with E-state index in [1.165, 1.54) is 225 Å². The first-order chi connectivity index (χ1) is 41.1. The van der Waals surface area contributed by atoms with Crippen molar-refractivity contribution in [3.63, 3.8) is 0 Å². The summed E-state index contributed by atoms with van der Waals surface area (Å²) in [5.41, 5.74) is 0. The molecule has 1 unspecified atom stereocenters. The van der Waals surface area contributed by atoms with E-state index < -0.39 is 6.10 Å². The van der Waals surface area contributed by atoms with Crippen molar-refractivity contribution in [3.05, 3.63) is 109 Å². The van der Waals surface area contributed by atoms with Crippen LogP contribution in [0.2, 0.25) is 0 Å². The van der Waals surface area contributed by atoms with E-state index in [1.54, 1.807) is 0 Å². The van der Waals surface area contributed by atoms with Gasteiger partial charge in [-0.1, -0.05) is 367 Å². The van der Waals surface area contributed by atoms with E-state index in [0.717, 1.165) is 103 Å². The normalized spacial score (nSPS) is 12.9. The van der Waals surface area contributed by atoms with Gasteiger partial charge in [-0.15, -0.1) is 0 Å². The monoisotopic (exact) mass is 1150 g/mol. The van der Waals surface area contributed by atoms with Crippen LogP contribution in [0.1, 0.15) is 354 Å². The van der Waals surface area contributed by atoms with Gasteiger partial charge in [0.15, 0.2) is 6.10 Å². The molecule has 0 amide bonds. The summed E-state index contributed by atoms with van der Waals surface area (Å²) in [7, 11) is 0. The number of hydrogen-bond acceptors (Lipinski definition) is 5. The Balaban J connectivity index is 3.49. The highest BCUT2D eigenvalue weighted by Gasteiger charge is 2.16. The topological polar surface area (TPSA) is 72.8 Å². The minimum Gasteiger partial charge on any atom is -0.462 e. The van der Waals surface area contributed by atoms with E-state index in [1.807, 2.05) is 0 Å². The predicted octanol–water partition coefficient (Wildman–Crippen LogP) is 25.2. The van der Waals surface area contributed by atoms with Gasteiger partial charge in [0, 0.05) is 12.8 Å². The van der Waals surface area contributed by atoms with Crippen LogP contribution in [0.15, 0.2) is 109 Å². The summed E-state index contributed by atoms with van der Waals surface area (Å²) in [5.74, 6) is -0.587. The van der Waals surface area contributed by atoms with Gasteiger partial charge in [0.1, 0.15) is 6.61 Å². The molecule has 1 N–H and O–H groups in total. The van der Waals surface area contributed by atoms with E-state index in [0.29, 0.717) is 12.8 Å². The third kappa shape index (κ3) is 71.0. The quantitative estimate of drug-likeness (QED) is 0.0373. The highest BCUT2D eigenvalue weighted by atomic mass is 16.6. The molecule has 0 radical (unpaired) electrons. The summed E-state index contributed by atoms with van der Waals surface area (Å²) < 4.78 is 10.8. The van der Waals surface area contributed by atoms with Crippen molar-refractivity contribution in [2.75, 3.05) is 13.2 Å². The van der Waals surface area contributed by atoms with Gasteiger partial charge in [0.2, 0.25) is 0 Å². The molecule has 0 bridgehead atoms. The number of allylic oxidation sites excluding steroid dienone is 18. The molecule has 0 saturated carbocycles. The number of ether oxygens (including phenoxy) is 2. The van der Waals surface area contributed by atoms with Gasteiger partial charge in [0.05, 0.1) is 6.61 Å². The molecule has 0 aliphatic rings. The fraction of sp³-hybridized carbons (Fsp3) is 0.744. The molecule has 5 heteroatoms. The molecular weight excluding hydrogens is 1020 g/mol. The lowest BCUT2D eigenvalue weighted by Gasteiger charge is -2.15. The molecule has 0 aromatic carbocycles. The van der Waals surface area contributed by atoms with Gasteiger partial charge in [0.25, 0.3) is 0 Å². The van der Waals surface area contributed by atoms with Crippen LogP contribution in [0.5, 0.6) is 0 Å². The van der Waals surface area contributed by atoms with Crippen molar-refractivity contribution < 1.29 is 24.2 Å². The molecule has 5 nitrogen and oxygen atoms in total. The molecule has 83 heavy (non-hydrogen) atoms. The third-order valence-electron chi connectivity index (χ3n) is 15.8. The maximum Gasteiger partial charge on any atom is 0.306 e. The lowest BCUT2D eigenvalue weighted by molar-refractivity contribution is -0.161. The molecule has 0 aromatic heterocycles. The third-order valence-corrected chi connectivity index (χ3v) is 15.8. The first-order valence-electron chi connectivity index (χ1n) is 35.9. The molecule has 0 heterocycles. The van der Waals surface area contributed by atoms with E-state index in [-0.39, 0.29) is 25.2 Å². The zero-order valence-electron chi connectivity index (χ0n) is 54.9. The molecular formula is C78H136O5. The van der Waals surface area contributed by atoms with Gasteiger partial charge in [-0.25, -0.2) is 0 Å². The first-order valence-corrected chi connectivity index (χ1v) is 35.9. The molecule has 0 spiro atoms. The minimum absolute atomic E-state index is 0.0694. The van der Waals surface area contributed by atoms with Gasteiger partial charge < -0.3 is 14.6 Å². The van der Waals surface area contributed by atoms with E-state index >= 15 is 0 Å². The Morgan fingerprint density at radius 3 is 0.783 bits per heavy atom. The number of aliphatic hydroxyl groups excluding tert-OH is 1. The number of hydrogen-bond donors (Lipinski definition) is 1. The van der Waals surface area contributed by atoms with Crippen molar-refractivity contribution >= 4 is 11.9 Å². The van der Waals surface area contributed by atoms with Crippen molar-refractivity contribution in [2.24, 2.45) is 0 Å². The number of esters is 2. The molecule has 0 fully saturated rings. The largest absolute Gasteiger partial charge is 0.462 e. The summed E-state index contributed by atoms with van der Waals surface area (Å²) >= 11 is 0. The molecule has 0 aromatic rings. The Morgan fingerprint density at radius 1 is 0.289 bits per heavy atom. The number of aliphatic hydroxyl groups is 1. The van der Waals surface area contributed by atoms with Crippen LogP contribution >= 0.6 is 0 Å². The average Bonchev–Trinajstić information content (AvgIpc) is 3.49. The summed E-state index contributed by atoms with van der Waals surface area (Å²) in [5, 5.41) is 9.71. The maximum absolute atomic E-state index is 12.4. The Labute approximate surface area is 516 Å².